The van der Waals surface area contributed by atoms with Gasteiger partial charge in [-0.3, -0.25) is 4.79 Å². The van der Waals surface area contributed by atoms with Crippen LogP contribution in [0.4, 0.5) is 9.59 Å². The molecular weight excluding hydrogens is 496 g/mol. The van der Waals surface area contributed by atoms with E-state index in [9.17, 15) is 28.8 Å². The summed E-state index contributed by atoms with van der Waals surface area (Å²) in [5.74, 6) is -5.27. The van der Waals surface area contributed by atoms with Gasteiger partial charge < -0.3 is 39.8 Å². The van der Waals surface area contributed by atoms with Crippen LogP contribution in [0.5, 0.6) is 0 Å². The molecule has 4 atom stereocenters. The number of ether oxygens (including phenoxy) is 4. The second kappa shape index (κ2) is 16.2. The minimum atomic E-state index is -1.36. The lowest BCUT2D eigenvalue weighted by Gasteiger charge is -2.30. The predicted molar refractivity (Wildman–Crippen MR) is 127 cm³/mol. The lowest BCUT2D eigenvalue weighted by Crippen LogP contribution is -2.44. The Morgan fingerprint density at radius 1 is 0.649 bits per heavy atom. The van der Waals surface area contributed by atoms with Crippen molar-refractivity contribution >= 4 is 36.1 Å². The number of hydrogen-bond acceptors (Lipinski definition) is 10. The van der Waals surface area contributed by atoms with Gasteiger partial charge in [-0.05, 0) is 54.4 Å². The average molecular weight is 535 g/mol. The van der Waals surface area contributed by atoms with Crippen LogP contribution in [-0.4, -0.2) is 83.3 Å². The van der Waals surface area contributed by atoms with Gasteiger partial charge in [0.25, 0.3) is 0 Å². The highest BCUT2D eigenvalue weighted by molar-refractivity contribution is 5.82. The maximum Gasteiger partial charge on any atom is 0.407 e. The van der Waals surface area contributed by atoms with Gasteiger partial charge in [0, 0.05) is 13.1 Å². The second-order valence-corrected chi connectivity index (χ2v) is 8.86. The van der Waals surface area contributed by atoms with Crippen LogP contribution in [0.25, 0.3) is 0 Å². The summed E-state index contributed by atoms with van der Waals surface area (Å²) in [5, 5.41) is 22.6. The molecule has 0 fully saturated rings. The van der Waals surface area contributed by atoms with E-state index in [0.717, 1.165) is 12.8 Å². The summed E-state index contributed by atoms with van der Waals surface area (Å²) < 4.78 is 19.6. The molecule has 0 aliphatic carbocycles. The molecule has 4 N–H and O–H groups in total. The van der Waals surface area contributed by atoms with Crippen molar-refractivity contribution in [2.24, 2.45) is 5.92 Å². The van der Waals surface area contributed by atoms with Gasteiger partial charge in [0.1, 0.15) is 5.60 Å². The van der Waals surface area contributed by atoms with Crippen LogP contribution in [0.1, 0.15) is 67.2 Å². The number of carbonyl (C=O) groups is 6. The maximum absolute atomic E-state index is 12.1. The summed E-state index contributed by atoms with van der Waals surface area (Å²) in [5.41, 5.74) is -1.23. The van der Waals surface area contributed by atoms with Crippen molar-refractivity contribution in [1.29, 1.82) is 0 Å². The predicted octanol–water partition coefficient (Wildman–Crippen LogP) is 1.84. The van der Waals surface area contributed by atoms with Gasteiger partial charge in [0.05, 0.1) is 5.92 Å². The molecule has 0 saturated heterocycles. The number of aliphatic carboxylic acids is 2. The molecule has 0 aliphatic rings. The van der Waals surface area contributed by atoms with Crippen molar-refractivity contribution in [2.45, 2.75) is 91.1 Å². The number of rotatable bonds is 16. The van der Waals surface area contributed by atoms with E-state index >= 15 is 0 Å². The van der Waals surface area contributed by atoms with Crippen LogP contribution in [0, 0.1) is 5.92 Å². The SMILES string of the molecule is CC(OC(=O)C(C)OC(=O)NCCCCCCNC(=O)OC(C)(C)C(C)C(=O)OC(C)C(=O)O)C(=O)O. The number of alkyl carbamates (subject to hydrolysis) is 2. The molecule has 0 aromatic carbocycles. The molecule has 212 valence electrons. The number of carboxylic acids is 2. The molecule has 0 radical (unpaired) electrons. The molecule has 0 aliphatic heterocycles. The molecule has 0 spiro atoms. The van der Waals surface area contributed by atoms with Gasteiger partial charge >= 0.3 is 36.1 Å². The Balaban J connectivity index is 4.07. The number of carbonyl (C=O) groups excluding carboxylic acids is 4. The number of nitrogens with one attached hydrogen (secondary N) is 2. The fraction of sp³-hybridized carbons (Fsp3) is 0.739. The molecule has 2 amide bonds. The quantitative estimate of drug-likeness (QED) is 0.127. The van der Waals surface area contributed by atoms with E-state index in [2.05, 4.69) is 15.4 Å². The average Bonchev–Trinajstić information content (AvgIpc) is 2.79. The van der Waals surface area contributed by atoms with Gasteiger partial charge in [-0.25, -0.2) is 24.0 Å². The Kier molecular flexibility index (Phi) is 14.7. The van der Waals surface area contributed by atoms with Gasteiger partial charge in [-0.1, -0.05) is 12.8 Å². The summed E-state index contributed by atoms with van der Waals surface area (Å²) in [7, 11) is 0. The molecule has 0 aromatic rings. The van der Waals surface area contributed by atoms with Crippen LogP contribution in [0.15, 0.2) is 0 Å². The van der Waals surface area contributed by atoms with Gasteiger partial charge in [-0.15, -0.1) is 0 Å². The number of carboxylic acid groups (broad SMARTS) is 2. The smallest absolute Gasteiger partial charge is 0.407 e. The van der Waals surface area contributed by atoms with Crippen molar-refractivity contribution in [2.75, 3.05) is 13.1 Å². The van der Waals surface area contributed by atoms with Gasteiger partial charge in [0.15, 0.2) is 18.3 Å². The van der Waals surface area contributed by atoms with Crippen LogP contribution < -0.4 is 10.6 Å². The molecule has 14 heteroatoms. The number of hydrogen-bond donors (Lipinski definition) is 4. The Bertz CT molecular complexity index is 814. The van der Waals surface area contributed by atoms with E-state index in [4.69, 9.17) is 24.4 Å². The monoisotopic (exact) mass is 534 g/mol. The van der Waals surface area contributed by atoms with E-state index in [-0.39, 0.29) is 6.54 Å². The normalized spacial score (nSPS) is 14.2. The van der Waals surface area contributed by atoms with Crippen molar-refractivity contribution in [3.63, 3.8) is 0 Å². The molecule has 37 heavy (non-hydrogen) atoms. The first kappa shape index (κ1) is 33.4. The number of unbranched alkanes of at least 4 members (excludes halogenated alkanes) is 3. The van der Waals surface area contributed by atoms with Gasteiger partial charge in [0.2, 0.25) is 0 Å². The summed E-state index contributed by atoms with van der Waals surface area (Å²) >= 11 is 0. The van der Waals surface area contributed by atoms with Crippen LogP contribution in [0.3, 0.4) is 0 Å². The van der Waals surface area contributed by atoms with Crippen molar-refractivity contribution < 1.29 is 57.9 Å². The third-order valence-corrected chi connectivity index (χ3v) is 5.29. The Hall–Kier alpha value is -3.58. The third kappa shape index (κ3) is 13.9. The summed E-state index contributed by atoms with van der Waals surface area (Å²) in [6, 6.07) is 0. The van der Waals surface area contributed by atoms with E-state index in [1.807, 2.05) is 0 Å². The van der Waals surface area contributed by atoms with E-state index in [1.165, 1.54) is 41.5 Å². The van der Waals surface area contributed by atoms with E-state index < -0.39 is 65.9 Å². The standard InChI is InChI=1S/C23H38N2O12/c1-13(19(30)34-14(2)17(26)27)23(5,6)37-22(33)25-12-10-8-7-9-11-24-21(32)36-16(4)20(31)35-15(3)18(28)29/h13-16H,7-12H2,1-6H3,(H,24,32)(H,25,33)(H,26,27)(H,28,29). The molecule has 0 bridgehead atoms. The van der Waals surface area contributed by atoms with E-state index in [1.54, 1.807) is 0 Å². The molecule has 14 nitrogen and oxygen atoms in total. The number of esters is 2. The highest BCUT2D eigenvalue weighted by Crippen LogP contribution is 2.23. The number of amides is 2. The molecule has 0 rings (SSSR count). The first-order valence-corrected chi connectivity index (χ1v) is 11.9. The van der Waals surface area contributed by atoms with Crippen molar-refractivity contribution in [3.05, 3.63) is 0 Å². The largest absolute Gasteiger partial charge is 0.479 e. The van der Waals surface area contributed by atoms with Crippen LogP contribution in [0.2, 0.25) is 0 Å². The molecule has 0 aromatic heterocycles. The van der Waals surface area contributed by atoms with Crippen LogP contribution in [-0.2, 0) is 38.1 Å². The first-order valence-electron chi connectivity index (χ1n) is 11.9. The Morgan fingerprint density at radius 2 is 1.08 bits per heavy atom. The first-order chi connectivity index (χ1) is 17.1. The molecular formula is C23H38N2O12. The van der Waals surface area contributed by atoms with Crippen molar-refractivity contribution in [3.8, 4) is 0 Å². The minimum absolute atomic E-state index is 0.282. The van der Waals surface area contributed by atoms with Crippen molar-refractivity contribution in [1.82, 2.24) is 10.6 Å². The Labute approximate surface area is 215 Å². The fourth-order valence-corrected chi connectivity index (χ4v) is 2.53. The lowest BCUT2D eigenvalue weighted by atomic mass is 9.92. The fourth-order valence-electron chi connectivity index (χ4n) is 2.53. The molecule has 4 unspecified atom stereocenters. The highest BCUT2D eigenvalue weighted by Gasteiger charge is 2.37. The maximum atomic E-state index is 12.1. The zero-order valence-electron chi connectivity index (χ0n) is 22.0. The molecule has 0 heterocycles. The zero-order chi connectivity index (χ0) is 28.8. The Morgan fingerprint density at radius 3 is 1.54 bits per heavy atom. The topological polar surface area (TPSA) is 204 Å². The zero-order valence-corrected chi connectivity index (χ0v) is 22.0. The summed E-state index contributed by atoms with van der Waals surface area (Å²) in [6.07, 6.45) is -2.82. The minimum Gasteiger partial charge on any atom is -0.479 e. The summed E-state index contributed by atoms with van der Waals surface area (Å²) in [6.45, 7) is 8.77. The molecule has 0 saturated carbocycles. The summed E-state index contributed by atoms with van der Waals surface area (Å²) in [4.78, 5) is 69.0. The second-order valence-electron chi connectivity index (χ2n) is 8.86. The highest BCUT2D eigenvalue weighted by atomic mass is 16.6. The van der Waals surface area contributed by atoms with Gasteiger partial charge in [-0.2, -0.15) is 0 Å². The third-order valence-electron chi connectivity index (χ3n) is 5.29. The lowest BCUT2D eigenvalue weighted by molar-refractivity contribution is -0.170. The van der Waals surface area contributed by atoms with Crippen LogP contribution >= 0.6 is 0 Å². The van der Waals surface area contributed by atoms with E-state index in [0.29, 0.717) is 19.4 Å².